The molecule has 6 nitrogen and oxygen atoms in total. The van der Waals surface area contributed by atoms with Gasteiger partial charge in [0.25, 0.3) is 0 Å². The van der Waals surface area contributed by atoms with Crippen molar-refractivity contribution in [1.82, 2.24) is 9.97 Å². The lowest BCUT2D eigenvalue weighted by Crippen LogP contribution is -2.18. The number of nitrogens with two attached hydrogens (primary N) is 1. The SMILES string of the molecule is COCCOc1c(OC)c(F)c2c(N)nc(C(C)(C)C)nc2c1I. The third-order valence-corrected chi connectivity index (χ3v) is 4.38. The van der Waals surface area contributed by atoms with Crippen LogP contribution in [0.2, 0.25) is 0 Å². The van der Waals surface area contributed by atoms with Gasteiger partial charge in [0.2, 0.25) is 0 Å². The predicted octanol–water partition coefficient (Wildman–Crippen LogP) is 3.29. The van der Waals surface area contributed by atoms with Crippen LogP contribution in [0.15, 0.2) is 0 Å². The van der Waals surface area contributed by atoms with Crippen molar-refractivity contribution in [1.29, 1.82) is 0 Å². The van der Waals surface area contributed by atoms with Gasteiger partial charge in [0.1, 0.15) is 18.2 Å². The summed E-state index contributed by atoms with van der Waals surface area (Å²) in [5.74, 6) is 0.276. The van der Waals surface area contributed by atoms with E-state index in [1.54, 1.807) is 7.11 Å². The maximum absolute atomic E-state index is 14.9. The molecule has 0 saturated heterocycles. The molecule has 0 aliphatic heterocycles. The van der Waals surface area contributed by atoms with Crippen LogP contribution in [0, 0.1) is 9.39 Å². The van der Waals surface area contributed by atoms with E-state index in [4.69, 9.17) is 19.9 Å². The van der Waals surface area contributed by atoms with Crippen molar-refractivity contribution in [2.75, 3.05) is 33.2 Å². The summed E-state index contributed by atoms with van der Waals surface area (Å²) >= 11 is 2.06. The normalized spacial score (nSPS) is 11.8. The molecule has 0 spiro atoms. The molecule has 8 heteroatoms. The highest BCUT2D eigenvalue weighted by atomic mass is 127. The van der Waals surface area contributed by atoms with Gasteiger partial charge >= 0.3 is 0 Å². The summed E-state index contributed by atoms with van der Waals surface area (Å²) in [5, 5.41) is 0.142. The van der Waals surface area contributed by atoms with Crippen LogP contribution in [0.5, 0.6) is 11.5 Å². The summed E-state index contributed by atoms with van der Waals surface area (Å²) in [6, 6.07) is 0. The molecule has 132 valence electrons. The number of halogens is 2. The standard InChI is InChI=1S/C16H21FIN3O3/c1-16(2,3)15-20-11-8(14(19)21-15)9(17)12(23-5)13(10(11)18)24-7-6-22-4/h6-7H2,1-5H3,(H2,19,20,21). The Morgan fingerprint density at radius 3 is 2.33 bits per heavy atom. The van der Waals surface area contributed by atoms with E-state index < -0.39 is 5.82 Å². The lowest BCUT2D eigenvalue weighted by Gasteiger charge is -2.20. The molecule has 0 radical (unpaired) electrons. The number of nitrogens with zero attached hydrogens (tertiary/aromatic N) is 2. The van der Waals surface area contributed by atoms with E-state index in [-0.39, 0.29) is 34.7 Å². The van der Waals surface area contributed by atoms with E-state index in [0.29, 0.717) is 21.5 Å². The molecule has 0 atom stereocenters. The molecular weight excluding hydrogens is 428 g/mol. The van der Waals surface area contributed by atoms with Crippen molar-refractivity contribution in [2.45, 2.75) is 26.2 Å². The van der Waals surface area contributed by atoms with E-state index in [2.05, 4.69) is 32.6 Å². The van der Waals surface area contributed by atoms with E-state index in [1.807, 2.05) is 20.8 Å². The van der Waals surface area contributed by atoms with Gasteiger partial charge in [0, 0.05) is 12.5 Å². The van der Waals surface area contributed by atoms with Crippen molar-refractivity contribution in [3.8, 4) is 11.5 Å². The van der Waals surface area contributed by atoms with Crippen molar-refractivity contribution in [3.63, 3.8) is 0 Å². The zero-order chi connectivity index (χ0) is 18.1. The quantitative estimate of drug-likeness (QED) is 0.558. The second kappa shape index (κ2) is 7.22. The lowest BCUT2D eigenvalue weighted by molar-refractivity contribution is 0.143. The third-order valence-electron chi connectivity index (χ3n) is 3.38. The molecule has 2 N–H and O–H groups in total. The van der Waals surface area contributed by atoms with Gasteiger partial charge in [-0.25, -0.2) is 14.4 Å². The highest BCUT2D eigenvalue weighted by molar-refractivity contribution is 14.1. The fraction of sp³-hybridized carbons (Fsp3) is 0.500. The second-order valence-corrected chi connectivity index (χ2v) is 7.32. The van der Waals surface area contributed by atoms with E-state index in [9.17, 15) is 4.39 Å². The molecule has 0 saturated carbocycles. The van der Waals surface area contributed by atoms with Gasteiger partial charge in [-0.3, -0.25) is 0 Å². The lowest BCUT2D eigenvalue weighted by atomic mass is 9.95. The molecule has 24 heavy (non-hydrogen) atoms. The Kier molecular flexibility index (Phi) is 5.69. The number of nitrogen functional groups attached to an aromatic ring is 1. The number of anilines is 1. The number of rotatable bonds is 5. The second-order valence-electron chi connectivity index (χ2n) is 6.24. The number of ether oxygens (including phenoxy) is 3. The number of methoxy groups -OCH3 is 2. The van der Waals surface area contributed by atoms with E-state index in [1.165, 1.54) is 7.11 Å². The Morgan fingerprint density at radius 1 is 1.12 bits per heavy atom. The first-order chi connectivity index (χ1) is 11.2. The van der Waals surface area contributed by atoms with Crippen LogP contribution in [0.1, 0.15) is 26.6 Å². The molecule has 1 aromatic carbocycles. The molecule has 1 aromatic heterocycles. The van der Waals surface area contributed by atoms with Crippen molar-refractivity contribution in [3.05, 3.63) is 15.2 Å². The Morgan fingerprint density at radius 2 is 1.79 bits per heavy atom. The summed E-state index contributed by atoms with van der Waals surface area (Å²) in [7, 11) is 2.94. The molecule has 0 aliphatic carbocycles. The minimum atomic E-state index is -0.627. The largest absolute Gasteiger partial charge is 0.490 e. The monoisotopic (exact) mass is 449 g/mol. The summed E-state index contributed by atoms with van der Waals surface area (Å²) in [4.78, 5) is 8.79. The summed E-state index contributed by atoms with van der Waals surface area (Å²) in [6.07, 6.45) is 0. The summed E-state index contributed by atoms with van der Waals surface area (Å²) in [5.41, 5.74) is 6.10. The maximum atomic E-state index is 14.9. The van der Waals surface area contributed by atoms with Gasteiger partial charge in [-0.1, -0.05) is 20.8 Å². The number of aromatic nitrogens is 2. The number of hydrogen-bond donors (Lipinski definition) is 1. The topological polar surface area (TPSA) is 79.5 Å². The van der Waals surface area contributed by atoms with Gasteiger partial charge in [-0.05, 0) is 22.6 Å². The minimum absolute atomic E-state index is 0.0122. The fourth-order valence-electron chi connectivity index (χ4n) is 2.15. The van der Waals surface area contributed by atoms with Crippen LogP contribution < -0.4 is 15.2 Å². The smallest absolute Gasteiger partial charge is 0.198 e. The minimum Gasteiger partial charge on any atom is -0.490 e. The van der Waals surface area contributed by atoms with Gasteiger partial charge < -0.3 is 19.9 Å². The average molecular weight is 449 g/mol. The first-order valence-corrected chi connectivity index (χ1v) is 8.44. The van der Waals surface area contributed by atoms with Gasteiger partial charge in [-0.2, -0.15) is 0 Å². The van der Waals surface area contributed by atoms with E-state index >= 15 is 0 Å². The molecule has 2 rings (SSSR count). The van der Waals surface area contributed by atoms with Gasteiger partial charge in [0.15, 0.2) is 17.3 Å². The number of hydrogen-bond acceptors (Lipinski definition) is 6. The molecule has 0 aliphatic rings. The van der Waals surface area contributed by atoms with Crippen molar-refractivity contribution < 1.29 is 18.6 Å². The first-order valence-electron chi connectivity index (χ1n) is 7.36. The van der Waals surface area contributed by atoms with Crippen LogP contribution >= 0.6 is 22.6 Å². The molecule has 0 bridgehead atoms. The van der Waals surface area contributed by atoms with E-state index in [0.717, 1.165) is 0 Å². The zero-order valence-electron chi connectivity index (χ0n) is 14.4. The summed E-state index contributed by atoms with van der Waals surface area (Å²) in [6.45, 7) is 6.54. The number of benzene rings is 1. The highest BCUT2D eigenvalue weighted by Gasteiger charge is 2.27. The Balaban J connectivity index is 2.76. The molecule has 0 unspecified atom stereocenters. The molecule has 1 heterocycles. The molecular formula is C16H21FIN3O3. The first kappa shape index (κ1) is 18.9. The molecule has 0 fully saturated rings. The van der Waals surface area contributed by atoms with Crippen molar-refractivity contribution >= 4 is 39.3 Å². The Hall–Kier alpha value is -1.42. The van der Waals surface area contributed by atoms with Crippen LogP contribution in [0.3, 0.4) is 0 Å². The van der Waals surface area contributed by atoms with Crippen LogP contribution in [-0.2, 0) is 10.2 Å². The summed E-state index contributed by atoms with van der Waals surface area (Å²) < 4.78 is 31.3. The average Bonchev–Trinajstić information content (AvgIpc) is 2.50. The van der Waals surface area contributed by atoms with Crippen LogP contribution in [-0.4, -0.2) is 37.4 Å². The molecule has 0 amide bonds. The predicted molar refractivity (Wildman–Crippen MR) is 99.2 cm³/mol. The highest BCUT2D eigenvalue weighted by Crippen LogP contribution is 2.42. The van der Waals surface area contributed by atoms with Crippen LogP contribution in [0.25, 0.3) is 10.9 Å². The Labute approximate surface area is 154 Å². The van der Waals surface area contributed by atoms with Gasteiger partial charge in [0.05, 0.1) is 28.2 Å². The molecule has 2 aromatic rings. The van der Waals surface area contributed by atoms with Crippen molar-refractivity contribution in [2.24, 2.45) is 0 Å². The van der Waals surface area contributed by atoms with Crippen LogP contribution in [0.4, 0.5) is 10.2 Å². The Bertz CT molecular complexity index is 763. The van der Waals surface area contributed by atoms with Gasteiger partial charge in [-0.15, -0.1) is 0 Å². The third kappa shape index (κ3) is 3.49. The maximum Gasteiger partial charge on any atom is 0.198 e. The fourth-order valence-corrected chi connectivity index (χ4v) is 2.94. The number of fused-ring (bicyclic) bond motifs is 1. The zero-order valence-corrected chi connectivity index (χ0v) is 16.5.